The van der Waals surface area contributed by atoms with Crippen molar-refractivity contribution in [1.29, 1.82) is 0 Å². The Morgan fingerprint density at radius 3 is 2.74 bits per heavy atom. The van der Waals surface area contributed by atoms with Gasteiger partial charge in [0.2, 0.25) is 0 Å². The van der Waals surface area contributed by atoms with Gasteiger partial charge in [-0.3, -0.25) is 0 Å². The molecular formula is C17H27NO. The van der Waals surface area contributed by atoms with E-state index in [4.69, 9.17) is 4.74 Å². The molecule has 0 spiro atoms. The Bertz CT molecular complexity index is 391. The van der Waals surface area contributed by atoms with Crippen molar-refractivity contribution in [1.82, 2.24) is 5.32 Å². The molecule has 0 amide bonds. The molecule has 2 nitrogen and oxygen atoms in total. The van der Waals surface area contributed by atoms with Crippen LogP contribution in [0.2, 0.25) is 0 Å². The number of para-hydroxylation sites is 1. The van der Waals surface area contributed by atoms with Crippen LogP contribution in [0.25, 0.3) is 0 Å². The first kappa shape index (κ1) is 14.4. The van der Waals surface area contributed by atoms with Gasteiger partial charge < -0.3 is 10.1 Å². The van der Waals surface area contributed by atoms with Gasteiger partial charge in [0.15, 0.2) is 0 Å². The smallest absolute Gasteiger partial charge is 0.123 e. The Morgan fingerprint density at radius 2 is 2.11 bits per heavy atom. The average molecular weight is 261 g/mol. The number of methoxy groups -OCH3 is 1. The van der Waals surface area contributed by atoms with E-state index in [9.17, 15) is 0 Å². The fraction of sp³-hybridized carbons (Fsp3) is 0.647. The Morgan fingerprint density at radius 1 is 1.32 bits per heavy atom. The SMILES string of the molecule is CCCNC(c1ccccc1OC)C1CCC(C)C1. The van der Waals surface area contributed by atoms with Crippen LogP contribution in [-0.4, -0.2) is 13.7 Å². The number of nitrogens with one attached hydrogen (secondary N) is 1. The fourth-order valence-electron chi connectivity index (χ4n) is 3.31. The van der Waals surface area contributed by atoms with E-state index in [1.165, 1.54) is 31.2 Å². The van der Waals surface area contributed by atoms with Crippen molar-refractivity contribution in [3.63, 3.8) is 0 Å². The molecule has 0 bridgehead atoms. The van der Waals surface area contributed by atoms with E-state index in [-0.39, 0.29) is 0 Å². The van der Waals surface area contributed by atoms with E-state index in [0.29, 0.717) is 6.04 Å². The summed E-state index contributed by atoms with van der Waals surface area (Å²) in [5, 5.41) is 3.74. The molecule has 106 valence electrons. The zero-order valence-electron chi connectivity index (χ0n) is 12.5. The van der Waals surface area contributed by atoms with Gasteiger partial charge >= 0.3 is 0 Å². The van der Waals surface area contributed by atoms with E-state index in [2.05, 4.69) is 43.4 Å². The van der Waals surface area contributed by atoms with Crippen molar-refractivity contribution in [3.8, 4) is 5.75 Å². The second-order valence-corrected chi connectivity index (χ2v) is 5.85. The molecule has 1 aromatic rings. The summed E-state index contributed by atoms with van der Waals surface area (Å²) in [5.74, 6) is 2.64. The maximum atomic E-state index is 5.55. The van der Waals surface area contributed by atoms with Crippen LogP contribution in [0.3, 0.4) is 0 Å². The largest absolute Gasteiger partial charge is 0.496 e. The lowest BCUT2D eigenvalue weighted by atomic mass is 9.90. The van der Waals surface area contributed by atoms with Gasteiger partial charge in [0.1, 0.15) is 5.75 Å². The molecule has 19 heavy (non-hydrogen) atoms. The third-order valence-corrected chi connectivity index (χ3v) is 4.30. The zero-order valence-corrected chi connectivity index (χ0v) is 12.5. The van der Waals surface area contributed by atoms with Crippen LogP contribution in [0.4, 0.5) is 0 Å². The van der Waals surface area contributed by atoms with Crippen LogP contribution in [0.15, 0.2) is 24.3 Å². The molecule has 0 saturated heterocycles. The molecule has 1 aromatic carbocycles. The number of rotatable bonds is 6. The minimum Gasteiger partial charge on any atom is -0.496 e. The molecule has 2 heteroatoms. The van der Waals surface area contributed by atoms with Crippen molar-refractivity contribution in [2.24, 2.45) is 11.8 Å². The van der Waals surface area contributed by atoms with Crippen molar-refractivity contribution >= 4 is 0 Å². The molecule has 1 saturated carbocycles. The molecule has 2 rings (SSSR count). The Hall–Kier alpha value is -1.02. The molecule has 0 radical (unpaired) electrons. The molecule has 0 heterocycles. The summed E-state index contributed by atoms with van der Waals surface area (Å²) in [5.41, 5.74) is 1.33. The van der Waals surface area contributed by atoms with Gasteiger partial charge in [-0.25, -0.2) is 0 Å². The van der Waals surface area contributed by atoms with Crippen molar-refractivity contribution in [2.45, 2.75) is 45.6 Å². The maximum Gasteiger partial charge on any atom is 0.123 e. The summed E-state index contributed by atoms with van der Waals surface area (Å²) in [6.45, 7) is 5.68. The van der Waals surface area contributed by atoms with Crippen molar-refractivity contribution in [3.05, 3.63) is 29.8 Å². The van der Waals surface area contributed by atoms with E-state index < -0.39 is 0 Å². The van der Waals surface area contributed by atoms with Crippen LogP contribution in [-0.2, 0) is 0 Å². The predicted octanol–water partition coefficient (Wildman–Crippen LogP) is 4.17. The molecule has 1 aliphatic carbocycles. The van der Waals surface area contributed by atoms with Crippen LogP contribution < -0.4 is 10.1 Å². The van der Waals surface area contributed by atoms with E-state index in [0.717, 1.165) is 24.1 Å². The number of ether oxygens (including phenoxy) is 1. The molecule has 3 unspecified atom stereocenters. The van der Waals surface area contributed by atoms with E-state index >= 15 is 0 Å². The van der Waals surface area contributed by atoms with Crippen molar-refractivity contribution in [2.75, 3.05) is 13.7 Å². The number of hydrogen-bond donors (Lipinski definition) is 1. The summed E-state index contributed by atoms with van der Waals surface area (Å²) in [7, 11) is 1.77. The average Bonchev–Trinajstić information content (AvgIpc) is 2.86. The highest BCUT2D eigenvalue weighted by atomic mass is 16.5. The van der Waals surface area contributed by atoms with E-state index in [1.54, 1.807) is 7.11 Å². The Balaban J connectivity index is 2.21. The second kappa shape index (κ2) is 6.95. The molecule has 0 aliphatic heterocycles. The summed E-state index contributed by atoms with van der Waals surface area (Å²) in [6.07, 6.45) is 5.21. The van der Waals surface area contributed by atoms with Crippen LogP contribution in [0.1, 0.15) is 51.1 Å². The highest BCUT2D eigenvalue weighted by Gasteiger charge is 2.30. The highest BCUT2D eigenvalue weighted by molar-refractivity contribution is 5.36. The van der Waals surface area contributed by atoms with Gasteiger partial charge in [-0.1, -0.05) is 38.5 Å². The van der Waals surface area contributed by atoms with Crippen molar-refractivity contribution < 1.29 is 4.74 Å². The molecule has 1 fully saturated rings. The maximum absolute atomic E-state index is 5.55. The van der Waals surface area contributed by atoms with Gasteiger partial charge in [0, 0.05) is 11.6 Å². The first-order chi connectivity index (χ1) is 9.26. The lowest BCUT2D eigenvalue weighted by Gasteiger charge is -2.27. The highest BCUT2D eigenvalue weighted by Crippen LogP contribution is 2.41. The first-order valence-corrected chi connectivity index (χ1v) is 7.62. The van der Waals surface area contributed by atoms with Gasteiger partial charge in [-0.15, -0.1) is 0 Å². The molecule has 3 atom stereocenters. The minimum absolute atomic E-state index is 0.445. The molecular weight excluding hydrogens is 234 g/mol. The van der Waals surface area contributed by atoms with Gasteiger partial charge in [0.25, 0.3) is 0 Å². The summed E-state index contributed by atoms with van der Waals surface area (Å²) < 4.78 is 5.55. The molecule has 1 N–H and O–H groups in total. The molecule has 0 aromatic heterocycles. The summed E-state index contributed by atoms with van der Waals surface area (Å²) in [6, 6.07) is 8.91. The Kier molecular flexibility index (Phi) is 5.26. The third-order valence-electron chi connectivity index (χ3n) is 4.30. The fourth-order valence-corrected chi connectivity index (χ4v) is 3.31. The monoisotopic (exact) mass is 261 g/mol. The van der Waals surface area contributed by atoms with Gasteiger partial charge in [-0.2, -0.15) is 0 Å². The van der Waals surface area contributed by atoms with Crippen LogP contribution >= 0.6 is 0 Å². The first-order valence-electron chi connectivity index (χ1n) is 7.62. The van der Waals surface area contributed by atoms with E-state index in [1.807, 2.05) is 0 Å². The summed E-state index contributed by atoms with van der Waals surface area (Å²) in [4.78, 5) is 0. The number of benzene rings is 1. The molecule has 1 aliphatic rings. The number of hydrogen-bond acceptors (Lipinski definition) is 2. The van der Waals surface area contributed by atoms with Crippen LogP contribution in [0.5, 0.6) is 5.75 Å². The zero-order chi connectivity index (χ0) is 13.7. The lowest BCUT2D eigenvalue weighted by Crippen LogP contribution is -2.28. The second-order valence-electron chi connectivity index (χ2n) is 5.85. The minimum atomic E-state index is 0.445. The topological polar surface area (TPSA) is 21.3 Å². The summed E-state index contributed by atoms with van der Waals surface area (Å²) >= 11 is 0. The predicted molar refractivity (Wildman–Crippen MR) is 80.5 cm³/mol. The standard InChI is InChI=1S/C17H27NO/c1-4-11-18-17(14-10-9-13(2)12-14)15-7-5-6-8-16(15)19-3/h5-8,13-14,17-18H,4,9-12H2,1-3H3. The lowest BCUT2D eigenvalue weighted by molar-refractivity contribution is 0.339. The third kappa shape index (κ3) is 3.50. The van der Waals surface area contributed by atoms with Gasteiger partial charge in [-0.05, 0) is 43.7 Å². The normalized spacial score (nSPS) is 24.4. The Labute approximate surface area is 117 Å². The quantitative estimate of drug-likeness (QED) is 0.829. The van der Waals surface area contributed by atoms with Crippen LogP contribution in [0, 0.1) is 11.8 Å². The van der Waals surface area contributed by atoms with Gasteiger partial charge in [0.05, 0.1) is 7.11 Å².